The van der Waals surface area contributed by atoms with E-state index in [1.165, 1.54) is 6.33 Å². The first-order chi connectivity index (χ1) is 10.7. The molecule has 0 radical (unpaired) electrons. The lowest BCUT2D eigenvalue weighted by atomic mass is 9.71. The number of aliphatic hydroxyl groups excluding tert-OH is 1. The summed E-state index contributed by atoms with van der Waals surface area (Å²) >= 11 is 0. The quantitative estimate of drug-likeness (QED) is 0.674. The molecule has 22 heavy (non-hydrogen) atoms. The van der Waals surface area contributed by atoms with Crippen molar-refractivity contribution >= 4 is 22.9 Å². The average Bonchev–Trinajstić information content (AvgIpc) is 3.01. The zero-order chi connectivity index (χ0) is 15.2. The second-order valence-corrected chi connectivity index (χ2v) is 6.04. The van der Waals surface area contributed by atoms with Crippen molar-refractivity contribution in [3.63, 3.8) is 0 Å². The van der Waals surface area contributed by atoms with Crippen LogP contribution in [-0.4, -0.2) is 56.7 Å². The summed E-state index contributed by atoms with van der Waals surface area (Å²) in [5.41, 5.74) is 0.636. The van der Waals surface area contributed by atoms with Crippen molar-refractivity contribution in [1.29, 1.82) is 0 Å². The molecule has 8 nitrogen and oxygen atoms in total. The van der Waals surface area contributed by atoms with Gasteiger partial charge in [-0.05, 0) is 19.3 Å². The van der Waals surface area contributed by atoms with Crippen LogP contribution in [0.3, 0.4) is 0 Å². The second-order valence-electron chi connectivity index (χ2n) is 6.04. The molecule has 0 unspecified atom stereocenters. The van der Waals surface area contributed by atoms with Gasteiger partial charge in [-0.3, -0.25) is 4.79 Å². The zero-order valence-corrected chi connectivity index (χ0v) is 12.1. The van der Waals surface area contributed by atoms with Gasteiger partial charge in [0, 0.05) is 19.6 Å². The van der Waals surface area contributed by atoms with Crippen LogP contribution in [0.5, 0.6) is 0 Å². The van der Waals surface area contributed by atoms with Gasteiger partial charge in [0.05, 0.1) is 17.8 Å². The third-order valence-electron chi connectivity index (χ3n) is 4.82. The normalized spacial score (nSPS) is 29.0. The van der Waals surface area contributed by atoms with E-state index < -0.39 is 11.5 Å². The molecule has 2 fully saturated rings. The smallest absolute Gasteiger partial charge is 0.230 e. The Morgan fingerprint density at radius 1 is 1.36 bits per heavy atom. The van der Waals surface area contributed by atoms with E-state index in [1.54, 1.807) is 6.33 Å². The fourth-order valence-corrected chi connectivity index (χ4v) is 3.62. The molecule has 2 saturated heterocycles. The van der Waals surface area contributed by atoms with Crippen molar-refractivity contribution in [2.45, 2.75) is 25.4 Å². The lowest BCUT2D eigenvalue weighted by Crippen LogP contribution is -2.61. The van der Waals surface area contributed by atoms with E-state index in [4.69, 9.17) is 0 Å². The van der Waals surface area contributed by atoms with Gasteiger partial charge in [0.15, 0.2) is 11.5 Å². The van der Waals surface area contributed by atoms with Crippen molar-refractivity contribution in [2.75, 3.05) is 24.5 Å². The van der Waals surface area contributed by atoms with E-state index in [9.17, 15) is 9.90 Å². The second kappa shape index (κ2) is 4.91. The number of aliphatic hydroxyl groups is 1. The summed E-state index contributed by atoms with van der Waals surface area (Å²) in [6.07, 6.45) is 4.60. The monoisotopic (exact) mass is 302 g/mol. The first kappa shape index (κ1) is 13.4. The fourth-order valence-electron chi connectivity index (χ4n) is 3.62. The Kier molecular flexibility index (Phi) is 3.00. The number of nitrogens with one attached hydrogen (secondary N) is 2. The molecule has 2 aromatic heterocycles. The van der Waals surface area contributed by atoms with Crippen LogP contribution in [0, 0.1) is 5.41 Å². The molecular weight excluding hydrogens is 284 g/mol. The maximum absolute atomic E-state index is 12.4. The number of aromatic nitrogens is 4. The molecule has 1 spiro atoms. The van der Waals surface area contributed by atoms with E-state index in [0.717, 1.165) is 17.8 Å². The predicted octanol–water partition coefficient (Wildman–Crippen LogP) is -0.180. The number of nitrogens with zero attached hydrogens (tertiary/aromatic N) is 4. The SMILES string of the molecule is O=C1NCCC[C@]12CN(c1ncnc3nc[nH]c13)CC[C@H]2O. The van der Waals surface area contributed by atoms with Crippen molar-refractivity contribution in [3.8, 4) is 0 Å². The number of piperidine rings is 2. The lowest BCUT2D eigenvalue weighted by molar-refractivity contribution is -0.142. The molecule has 1 amide bonds. The topological polar surface area (TPSA) is 107 Å². The summed E-state index contributed by atoms with van der Waals surface area (Å²) in [7, 11) is 0. The Morgan fingerprint density at radius 3 is 3.14 bits per heavy atom. The summed E-state index contributed by atoms with van der Waals surface area (Å²) in [6, 6.07) is 0. The largest absolute Gasteiger partial charge is 0.392 e. The lowest BCUT2D eigenvalue weighted by Gasteiger charge is -2.47. The molecule has 0 aromatic carbocycles. The minimum absolute atomic E-state index is 0.0501. The van der Waals surface area contributed by atoms with Gasteiger partial charge in [-0.1, -0.05) is 0 Å². The van der Waals surface area contributed by atoms with Gasteiger partial charge in [0.2, 0.25) is 5.91 Å². The molecule has 3 N–H and O–H groups in total. The minimum atomic E-state index is -0.742. The van der Waals surface area contributed by atoms with Crippen molar-refractivity contribution in [2.24, 2.45) is 5.41 Å². The van der Waals surface area contributed by atoms with Crippen molar-refractivity contribution in [1.82, 2.24) is 25.3 Å². The Bertz CT molecular complexity index is 716. The number of amides is 1. The van der Waals surface area contributed by atoms with Crippen molar-refractivity contribution < 1.29 is 9.90 Å². The van der Waals surface area contributed by atoms with Crippen LogP contribution in [0.25, 0.3) is 11.2 Å². The number of aromatic amines is 1. The summed E-state index contributed by atoms with van der Waals surface area (Å²) < 4.78 is 0. The first-order valence-corrected chi connectivity index (χ1v) is 7.56. The summed E-state index contributed by atoms with van der Waals surface area (Å²) in [5.74, 6) is 0.693. The number of carbonyl (C=O) groups is 1. The molecule has 2 atom stereocenters. The average molecular weight is 302 g/mol. The van der Waals surface area contributed by atoms with E-state index in [2.05, 4.69) is 30.2 Å². The first-order valence-electron chi connectivity index (χ1n) is 7.56. The number of rotatable bonds is 1. The third kappa shape index (κ3) is 1.87. The van der Waals surface area contributed by atoms with Crippen LogP contribution in [0.15, 0.2) is 12.7 Å². The van der Waals surface area contributed by atoms with Gasteiger partial charge in [-0.2, -0.15) is 0 Å². The van der Waals surface area contributed by atoms with Gasteiger partial charge in [0.25, 0.3) is 0 Å². The fraction of sp³-hybridized carbons (Fsp3) is 0.571. The zero-order valence-electron chi connectivity index (χ0n) is 12.1. The highest BCUT2D eigenvalue weighted by atomic mass is 16.3. The Hall–Kier alpha value is -2.22. The number of carbonyl (C=O) groups excluding carboxylic acids is 1. The van der Waals surface area contributed by atoms with Crippen LogP contribution in [0.4, 0.5) is 5.82 Å². The van der Waals surface area contributed by atoms with Crippen LogP contribution in [-0.2, 0) is 4.79 Å². The summed E-state index contributed by atoms with van der Waals surface area (Å²) in [4.78, 5) is 30.2. The predicted molar refractivity (Wildman–Crippen MR) is 79.2 cm³/mol. The van der Waals surface area contributed by atoms with Crippen LogP contribution >= 0.6 is 0 Å². The standard InChI is InChI=1S/C14H18N6O2/c21-9-2-5-20(6-14(9)3-1-4-15-13(14)22)12-10-11(17-7-16-10)18-8-19-12/h7-9,21H,1-6H2,(H,15,22)(H,16,17,18,19)/t9-,14-/m1/s1. The van der Waals surface area contributed by atoms with Crippen molar-refractivity contribution in [3.05, 3.63) is 12.7 Å². The van der Waals surface area contributed by atoms with E-state index in [1.807, 2.05) is 0 Å². The van der Waals surface area contributed by atoms with E-state index >= 15 is 0 Å². The number of fused-ring (bicyclic) bond motifs is 1. The van der Waals surface area contributed by atoms with Gasteiger partial charge < -0.3 is 20.3 Å². The highest BCUT2D eigenvalue weighted by molar-refractivity contribution is 5.87. The highest BCUT2D eigenvalue weighted by Gasteiger charge is 2.50. The molecule has 4 heterocycles. The van der Waals surface area contributed by atoms with Gasteiger partial charge >= 0.3 is 0 Å². The number of hydrogen-bond donors (Lipinski definition) is 3. The highest BCUT2D eigenvalue weighted by Crippen LogP contribution is 2.39. The third-order valence-corrected chi connectivity index (χ3v) is 4.82. The van der Waals surface area contributed by atoms with Gasteiger partial charge in [-0.25, -0.2) is 15.0 Å². The van der Waals surface area contributed by atoms with E-state index in [-0.39, 0.29) is 5.91 Å². The Labute approximate surface area is 127 Å². The molecule has 2 aliphatic heterocycles. The molecule has 0 bridgehead atoms. The Balaban J connectivity index is 1.72. The van der Waals surface area contributed by atoms with Crippen LogP contribution in [0.2, 0.25) is 0 Å². The molecule has 2 aromatic rings. The van der Waals surface area contributed by atoms with Crippen LogP contribution < -0.4 is 10.2 Å². The molecular formula is C14H18N6O2. The molecule has 4 rings (SSSR count). The molecule has 2 aliphatic rings. The van der Waals surface area contributed by atoms with Gasteiger partial charge in [0.1, 0.15) is 11.8 Å². The van der Waals surface area contributed by atoms with Crippen LogP contribution in [0.1, 0.15) is 19.3 Å². The molecule has 0 aliphatic carbocycles. The number of hydrogen-bond acceptors (Lipinski definition) is 6. The Morgan fingerprint density at radius 2 is 2.27 bits per heavy atom. The summed E-state index contributed by atoms with van der Waals surface area (Å²) in [5, 5.41) is 13.4. The maximum atomic E-state index is 12.4. The summed E-state index contributed by atoms with van der Waals surface area (Å²) in [6.45, 7) is 1.80. The maximum Gasteiger partial charge on any atom is 0.230 e. The van der Waals surface area contributed by atoms with E-state index in [0.29, 0.717) is 38.1 Å². The number of imidazole rings is 1. The molecule has 116 valence electrons. The van der Waals surface area contributed by atoms with Gasteiger partial charge in [-0.15, -0.1) is 0 Å². The molecule has 8 heteroatoms. The minimum Gasteiger partial charge on any atom is -0.392 e. The molecule has 0 saturated carbocycles. The number of anilines is 1. The number of H-pyrrole nitrogens is 1.